The molecule has 4 rings (SSSR count). The van der Waals surface area contributed by atoms with E-state index in [0.717, 1.165) is 26.7 Å². The minimum absolute atomic E-state index is 0.0230. The third kappa shape index (κ3) is 4.58. The summed E-state index contributed by atoms with van der Waals surface area (Å²) in [5.74, 6) is 1.65. The molecule has 3 aromatic heterocycles. The zero-order valence-electron chi connectivity index (χ0n) is 16.4. The number of furan rings is 2. The normalized spacial score (nSPS) is 12.5. The van der Waals surface area contributed by atoms with Crippen LogP contribution >= 0.6 is 11.3 Å². The first kappa shape index (κ1) is 19.4. The zero-order chi connectivity index (χ0) is 20.2. The molecule has 3 heterocycles. The predicted octanol–water partition coefficient (Wildman–Crippen LogP) is 4.70. The fraction of sp³-hybridized carbons (Fsp3) is 0.273. The van der Waals surface area contributed by atoms with Crippen molar-refractivity contribution in [3.63, 3.8) is 0 Å². The SMILES string of the molecule is C[C@@H](c1nc2ccccc2s1)N(C)C(=O)CN(Cc1ccco1)Cc1ccco1. The molecule has 0 fully saturated rings. The Bertz CT molecular complexity index is 987. The molecule has 0 aliphatic heterocycles. The van der Waals surface area contributed by atoms with Gasteiger partial charge in [-0.3, -0.25) is 9.69 Å². The minimum atomic E-state index is -0.103. The maximum atomic E-state index is 13.0. The number of carbonyl (C=O) groups is 1. The van der Waals surface area contributed by atoms with Crippen LogP contribution in [0.15, 0.2) is 69.9 Å². The second-order valence-electron chi connectivity index (χ2n) is 7.00. The second-order valence-corrected chi connectivity index (χ2v) is 8.07. The molecule has 0 unspecified atom stereocenters. The highest BCUT2D eigenvalue weighted by atomic mass is 32.1. The standard InChI is InChI=1S/C22H23N3O3S/c1-16(22-23-19-9-3-4-10-20(19)29-22)24(2)21(26)15-25(13-17-7-5-11-27-17)14-18-8-6-12-28-18/h3-12,16H,13-15H2,1-2H3/t16-/m0/s1. The molecule has 7 heteroatoms. The maximum Gasteiger partial charge on any atom is 0.237 e. The Morgan fingerprint density at radius 1 is 1.03 bits per heavy atom. The Kier molecular flexibility index (Phi) is 5.78. The van der Waals surface area contributed by atoms with E-state index in [2.05, 4.69) is 6.07 Å². The number of hydrogen-bond acceptors (Lipinski definition) is 6. The fourth-order valence-electron chi connectivity index (χ4n) is 3.17. The Hall–Kier alpha value is -2.90. The minimum Gasteiger partial charge on any atom is -0.468 e. The van der Waals surface area contributed by atoms with Crippen LogP contribution in [0.4, 0.5) is 0 Å². The van der Waals surface area contributed by atoms with Crippen LogP contribution in [0.1, 0.15) is 29.5 Å². The number of benzene rings is 1. The first-order valence-electron chi connectivity index (χ1n) is 9.48. The van der Waals surface area contributed by atoms with Crippen LogP contribution in [0.25, 0.3) is 10.2 Å². The van der Waals surface area contributed by atoms with Crippen LogP contribution in [0.5, 0.6) is 0 Å². The first-order valence-corrected chi connectivity index (χ1v) is 10.3. The molecule has 0 aliphatic rings. The highest BCUT2D eigenvalue weighted by Crippen LogP contribution is 2.29. The van der Waals surface area contributed by atoms with Crippen molar-refractivity contribution >= 4 is 27.5 Å². The van der Waals surface area contributed by atoms with Gasteiger partial charge in [-0.2, -0.15) is 0 Å². The van der Waals surface area contributed by atoms with Gasteiger partial charge >= 0.3 is 0 Å². The number of fused-ring (bicyclic) bond motifs is 1. The monoisotopic (exact) mass is 409 g/mol. The lowest BCUT2D eigenvalue weighted by molar-refractivity contribution is -0.133. The number of carbonyl (C=O) groups excluding carboxylic acids is 1. The highest BCUT2D eigenvalue weighted by molar-refractivity contribution is 7.18. The molecule has 0 saturated heterocycles. The molecule has 0 radical (unpaired) electrons. The zero-order valence-corrected chi connectivity index (χ0v) is 17.3. The predicted molar refractivity (Wildman–Crippen MR) is 112 cm³/mol. The lowest BCUT2D eigenvalue weighted by atomic mass is 10.2. The van der Waals surface area contributed by atoms with Crippen LogP contribution in [-0.2, 0) is 17.9 Å². The van der Waals surface area contributed by atoms with Gasteiger partial charge in [-0.05, 0) is 43.3 Å². The summed E-state index contributed by atoms with van der Waals surface area (Å²) in [6.45, 7) is 3.33. The summed E-state index contributed by atoms with van der Waals surface area (Å²) in [5, 5.41) is 0.936. The quantitative estimate of drug-likeness (QED) is 0.422. The number of rotatable bonds is 8. The third-order valence-corrected chi connectivity index (χ3v) is 6.13. The van der Waals surface area contributed by atoms with Crippen molar-refractivity contribution < 1.29 is 13.6 Å². The van der Waals surface area contributed by atoms with E-state index >= 15 is 0 Å². The molecule has 0 bridgehead atoms. The van der Waals surface area contributed by atoms with Gasteiger partial charge in [-0.15, -0.1) is 11.3 Å². The van der Waals surface area contributed by atoms with Gasteiger partial charge < -0.3 is 13.7 Å². The number of amides is 1. The Morgan fingerprint density at radius 3 is 2.28 bits per heavy atom. The highest BCUT2D eigenvalue weighted by Gasteiger charge is 2.23. The molecular weight excluding hydrogens is 386 g/mol. The van der Waals surface area contributed by atoms with Crippen molar-refractivity contribution in [2.24, 2.45) is 0 Å². The molecule has 1 amide bonds. The van der Waals surface area contributed by atoms with E-state index in [-0.39, 0.29) is 18.5 Å². The third-order valence-electron chi connectivity index (χ3n) is 4.92. The van der Waals surface area contributed by atoms with Gasteiger partial charge in [-0.25, -0.2) is 4.98 Å². The van der Waals surface area contributed by atoms with Gasteiger partial charge in [0.15, 0.2) is 0 Å². The largest absolute Gasteiger partial charge is 0.468 e. The van der Waals surface area contributed by atoms with Crippen molar-refractivity contribution in [2.45, 2.75) is 26.1 Å². The molecule has 150 valence electrons. The van der Waals surface area contributed by atoms with E-state index < -0.39 is 0 Å². The van der Waals surface area contributed by atoms with E-state index in [9.17, 15) is 4.79 Å². The van der Waals surface area contributed by atoms with Gasteiger partial charge in [0.05, 0.1) is 48.4 Å². The Morgan fingerprint density at radius 2 is 1.69 bits per heavy atom. The molecule has 1 atom stereocenters. The lowest BCUT2D eigenvalue weighted by Crippen LogP contribution is -2.39. The molecule has 4 aromatic rings. The van der Waals surface area contributed by atoms with E-state index in [0.29, 0.717) is 13.1 Å². The fourth-order valence-corrected chi connectivity index (χ4v) is 4.23. The van der Waals surface area contributed by atoms with E-state index in [1.165, 1.54) is 0 Å². The summed E-state index contributed by atoms with van der Waals surface area (Å²) in [6, 6.07) is 15.5. The summed E-state index contributed by atoms with van der Waals surface area (Å²) in [5.41, 5.74) is 0.970. The Labute approximate surface area is 173 Å². The van der Waals surface area contributed by atoms with Crippen molar-refractivity contribution in [1.29, 1.82) is 0 Å². The molecule has 1 aromatic carbocycles. The van der Waals surface area contributed by atoms with Crippen molar-refractivity contribution in [1.82, 2.24) is 14.8 Å². The van der Waals surface area contributed by atoms with E-state index in [4.69, 9.17) is 13.8 Å². The molecular formula is C22H23N3O3S. The number of thiazole rings is 1. The molecule has 6 nitrogen and oxygen atoms in total. The summed E-state index contributed by atoms with van der Waals surface area (Å²) in [7, 11) is 1.83. The molecule has 29 heavy (non-hydrogen) atoms. The average molecular weight is 410 g/mol. The summed E-state index contributed by atoms with van der Waals surface area (Å²) < 4.78 is 12.1. The summed E-state index contributed by atoms with van der Waals surface area (Å²) in [4.78, 5) is 21.5. The summed E-state index contributed by atoms with van der Waals surface area (Å²) >= 11 is 1.63. The molecule has 0 N–H and O–H groups in total. The van der Waals surface area contributed by atoms with Crippen LogP contribution in [0, 0.1) is 0 Å². The van der Waals surface area contributed by atoms with Gasteiger partial charge in [0, 0.05) is 7.05 Å². The van der Waals surface area contributed by atoms with Crippen LogP contribution < -0.4 is 0 Å². The smallest absolute Gasteiger partial charge is 0.237 e. The molecule has 0 spiro atoms. The van der Waals surface area contributed by atoms with E-state index in [1.807, 2.05) is 61.3 Å². The topological polar surface area (TPSA) is 62.7 Å². The van der Waals surface area contributed by atoms with Gasteiger partial charge in [-0.1, -0.05) is 12.1 Å². The Balaban J connectivity index is 1.46. The number of para-hydroxylation sites is 1. The van der Waals surface area contributed by atoms with Crippen LogP contribution in [-0.4, -0.2) is 34.3 Å². The van der Waals surface area contributed by atoms with Gasteiger partial charge in [0.1, 0.15) is 16.5 Å². The number of aromatic nitrogens is 1. The van der Waals surface area contributed by atoms with Crippen LogP contribution in [0.3, 0.4) is 0 Å². The molecule has 0 aliphatic carbocycles. The maximum absolute atomic E-state index is 13.0. The van der Waals surface area contributed by atoms with Gasteiger partial charge in [0.2, 0.25) is 5.91 Å². The van der Waals surface area contributed by atoms with Crippen LogP contribution in [0.2, 0.25) is 0 Å². The second kappa shape index (κ2) is 8.63. The molecule has 0 saturated carbocycles. The van der Waals surface area contributed by atoms with Crippen molar-refractivity contribution in [3.05, 3.63) is 77.6 Å². The number of likely N-dealkylation sites (N-methyl/N-ethyl adjacent to an activating group) is 1. The van der Waals surface area contributed by atoms with Gasteiger partial charge in [0.25, 0.3) is 0 Å². The first-order chi connectivity index (χ1) is 14.1. The number of nitrogens with zero attached hydrogens (tertiary/aromatic N) is 3. The van der Waals surface area contributed by atoms with Crippen molar-refractivity contribution in [2.75, 3.05) is 13.6 Å². The average Bonchev–Trinajstić information content (AvgIpc) is 3.48. The van der Waals surface area contributed by atoms with E-state index in [1.54, 1.807) is 28.8 Å². The summed E-state index contributed by atoms with van der Waals surface area (Å²) in [6.07, 6.45) is 3.28. The number of hydrogen-bond donors (Lipinski definition) is 0. The lowest BCUT2D eigenvalue weighted by Gasteiger charge is -2.27. The van der Waals surface area contributed by atoms with Crippen molar-refractivity contribution in [3.8, 4) is 0 Å².